The fourth-order valence-corrected chi connectivity index (χ4v) is 2.71. The first-order chi connectivity index (χ1) is 10.2. The molecule has 0 amide bonds. The summed E-state index contributed by atoms with van der Waals surface area (Å²) in [5, 5.41) is 3.73. The molecule has 2 heteroatoms. The lowest BCUT2D eigenvalue weighted by Crippen LogP contribution is -2.40. The molecule has 0 bridgehead atoms. The first-order valence-electron chi connectivity index (χ1n) is 8.72. The first-order valence-corrected chi connectivity index (χ1v) is 8.72. The fraction of sp³-hybridized carbons (Fsp3) is 0.684. The Labute approximate surface area is 131 Å². The Balaban J connectivity index is 2.82. The topological polar surface area (TPSA) is 15.3 Å². The minimum absolute atomic E-state index is 0.435. The summed E-state index contributed by atoms with van der Waals surface area (Å²) in [6, 6.07) is 10.2. The third-order valence-electron chi connectivity index (χ3n) is 4.47. The summed E-state index contributed by atoms with van der Waals surface area (Å²) in [6.07, 6.45) is 3.50. The van der Waals surface area contributed by atoms with Crippen molar-refractivity contribution in [2.45, 2.75) is 66.0 Å². The van der Waals surface area contributed by atoms with Crippen molar-refractivity contribution in [3.63, 3.8) is 0 Å². The van der Waals surface area contributed by atoms with Crippen LogP contribution in [0.15, 0.2) is 24.3 Å². The van der Waals surface area contributed by atoms with E-state index >= 15 is 0 Å². The van der Waals surface area contributed by atoms with Crippen LogP contribution in [0, 0.1) is 0 Å². The molecule has 0 radical (unpaired) electrons. The van der Waals surface area contributed by atoms with E-state index in [0.29, 0.717) is 12.1 Å². The highest BCUT2D eigenvalue weighted by atomic mass is 15.2. The van der Waals surface area contributed by atoms with Crippen molar-refractivity contribution < 1.29 is 0 Å². The number of likely N-dealkylation sites (N-methyl/N-ethyl adjacent to an activating group) is 1. The van der Waals surface area contributed by atoms with Crippen LogP contribution in [0.1, 0.15) is 64.6 Å². The molecule has 1 aromatic rings. The fourth-order valence-electron chi connectivity index (χ4n) is 2.71. The molecule has 2 nitrogen and oxygen atoms in total. The lowest BCUT2D eigenvalue weighted by Gasteiger charge is -2.32. The van der Waals surface area contributed by atoms with Crippen LogP contribution in [0.4, 0.5) is 0 Å². The zero-order valence-corrected chi connectivity index (χ0v) is 14.7. The summed E-state index contributed by atoms with van der Waals surface area (Å²) < 4.78 is 0. The second-order valence-corrected chi connectivity index (χ2v) is 5.95. The van der Waals surface area contributed by atoms with E-state index in [1.54, 1.807) is 0 Å². The molecule has 2 atom stereocenters. The van der Waals surface area contributed by atoms with Crippen LogP contribution in [0.25, 0.3) is 0 Å². The smallest absolute Gasteiger partial charge is 0.0449 e. The van der Waals surface area contributed by atoms with Gasteiger partial charge in [-0.25, -0.2) is 0 Å². The number of hydrogen-bond donors (Lipinski definition) is 1. The maximum atomic E-state index is 3.73. The minimum atomic E-state index is 0.435. The van der Waals surface area contributed by atoms with Gasteiger partial charge in [0, 0.05) is 18.6 Å². The third kappa shape index (κ3) is 5.80. The SMILES string of the molecule is CCCNC(CN(CC)C(C)CC)c1ccc(CC)cc1. The van der Waals surface area contributed by atoms with E-state index in [2.05, 4.69) is 69.1 Å². The second-order valence-electron chi connectivity index (χ2n) is 5.95. The minimum Gasteiger partial charge on any atom is -0.309 e. The molecular formula is C19H34N2. The molecule has 0 saturated heterocycles. The lowest BCUT2D eigenvalue weighted by molar-refractivity contribution is 0.191. The molecule has 1 N–H and O–H groups in total. The van der Waals surface area contributed by atoms with Gasteiger partial charge < -0.3 is 5.32 Å². The zero-order valence-electron chi connectivity index (χ0n) is 14.7. The molecule has 0 heterocycles. The van der Waals surface area contributed by atoms with E-state index in [1.807, 2.05) is 0 Å². The molecule has 2 unspecified atom stereocenters. The lowest BCUT2D eigenvalue weighted by atomic mass is 10.0. The molecule has 0 aliphatic rings. The number of hydrogen-bond acceptors (Lipinski definition) is 2. The Bertz CT molecular complexity index is 372. The van der Waals surface area contributed by atoms with Crippen LogP contribution < -0.4 is 5.32 Å². The maximum Gasteiger partial charge on any atom is 0.0449 e. The van der Waals surface area contributed by atoms with Gasteiger partial charge in [0.2, 0.25) is 0 Å². The quantitative estimate of drug-likeness (QED) is 0.686. The highest BCUT2D eigenvalue weighted by molar-refractivity contribution is 5.25. The third-order valence-corrected chi connectivity index (χ3v) is 4.47. The van der Waals surface area contributed by atoms with Gasteiger partial charge in [0.1, 0.15) is 0 Å². The highest BCUT2D eigenvalue weighted by Gasteiger charge is 2.17. The summed E-state index contributed by atoms with van der Waals surface area (Å²) in [6.45, 7) is 14.6. The molecule has 0 saturated carbocycles. The largest absolute Gasteiger partial charge is 0.309 e. The summed E-state index contributed by atoms with van der Waals surface area (Å²) in [4.78, 5) is 2.58. The summed E-state index contributed by atoms with van der Waals surface area (Å²) >= 11 is 0. The summed E-state index contributed by atoms with van der Waals surface area (Å²) in [5.41, 5.74) is 2.84. The van der Waals surface area contributed by atoms with Crippen molar-refractivity contribution in [2.75, 3.05) is 19.6 Å². The van der Waals surface area contributed by atoms with Gasteiger partial charge in [-0.3, -0.25) is 4.90 Å². The Morgan fingerprint density at radius 2 is 1.71 bits per heavy atom. The van der Waals surface area contributed by atoms with E-state index in [0.717, 1.165) is 26.1 Å². The molecule has 0 aliphatic carbocycles. The molecule has 0 aromatic heterocycles. The van der Waals surface area contributed by atoms with Crippen LogP contribution in [0.2, 0.25) is 0 Å². The molecule has 21 heavy (non-hydrogen) atoms. The average Bonchev–Trinajstić information content (AvgIpc) is 2.54. The molecular weight excluding hydrogens is 256 g/mol. The van der Waals surface area contributed by atoms with E-state index in [1.165, 1.54) is 24.0 Å². The monoisotopic (exact) mass is 290 g/mol. The molecule has 0 aliphatic heterocycles. The van der Waals surface area contributed by atoms with Crippen LogP contribution in [0.5, 0.6) is 0 Å². The van der Waals surface area contributed by atoms with Gasteiger partial charge in [-0.15, -0.1) is 0 Å². The maximum absolute atomic E-state index is 3.73. The van der Waals surface area contributed by atoms with Crippen LogP contribution in [0.3, 0.4) is 0 Å². The first kappa shape index (κ1) is 18.2. The van der Waals surface area contributed by atoms with Gasteiger partial charge in [0.05, 0.1) is 0 Å². The number of nitrogens with zero attached hydrogens (tertiary/aromatic N) is 1. The van der Waals surface area contributed by atoms with Gasteiger partial charge in [-0.05, 0) is 50.4 Å². The van der Waals surface area contributed by atoms with Gasteiger partial charge in [0.15, 0.2) is 0 Å². The van der Waals surface area contributed by atoms with Gasteiger partial charge in [0.25, 0.3) is 0 Å². The summed E-state index contributed by atoms with van der Waals surface area (Å²) in [7, 11) is 0. The van der Waals surface area contributed by atoms with Gasteiger partial charge in [-0.1, -0.05) is 52.0 Å². The van der Waals surface area contributed by atoms with Crippen molar-refractivity contribution in [1.29, 1.82) is 0 Å². The number of nitrogens with one attached hydrogen (secondary N) is 1. The van der Waals surface area contributed by atoms with Crippen molar-refractivity contribution >= 4 is 0 Å². The van der Waals surface area contributed by atoms with E-state index in [9.17, 15) is 0 Å². The normalized spacial score (nSPS) is 14.4. The van der Waals surface area contributed by atoms with E-state index in [-0.39, 0.29) is 0 Å². The van der Waals surface area contributed by atoms with Crippen LogP contribution in [-0.2, 0) is 6.42 Å². The molecule has 0 fully saturated rings. The second kappa shape index (κ2) is 9.97. The predicted molar refractivity (Wildman–Crippen MR) is 93.9 cm³/mol. The van der Waals surface area contributed by atoms with Gasteiger partial charge >= 0.3 is 0 Å². The average molecular weight is 290 g/mol. The van der Waals surface area contributed by atoms with Crippen molar-refractivity contribution in [1.82, 2.24) is 10.2 Å². The molecule has 1 aromatic carbocycles. The Hall–Kier alpha value is -0.860. The van der Waals surface area contributed by atoms with Gasteiger partial charge in [-0.2, -0.15) is 0 Å². The predicted octanol–water partition coefficient (Wildman–Crippen LogP) is 4.41. The molecule has 0 spiro atoms. The van der Waals surface area contributed by atoms with E-state index in [4.69, 9.17) is 0 Å². The van der Waals surface area contributed by atoms with Crippen LogP contribution >= 0.6 is 0 Å². The Kier molecular flexibility index (Phi) is 8.63. The summed E-state index contributed by atoms with van der Waals surface area (Å²) in [5.74, 6) is 0. The van der Waals surface area contributed by atoms with Crippen LogP contribution in [-0.4, -0.2) is 30.6 Å². The molecule has 120 valence electrons. The van der Waals surface area contributed by atoms with Crippen molar-refractivity contribution in [3.8, 4) is 0 Å². The van der Waals surface area contributed by atoms with Crippen molar-refractivity contribution in [2.24, 2.45) is 0 Å². The van der Waals surface area contributed by atoms with Crippen molar-refractivity contribution in [3.05, 3.63) is 35.4 Å². The number of rotatable bonds is 10. The molecule has 1 rings (SSSR count). The number of benzene rings is 1. The highest BCUT2D eigenvalue weighted by Crippen LogP contribution is 2.18. The Morgan fingerprint density at radius 1 is 1.05 bits per heavy atom. The zero-order chi connectivity index (χ0) is 15.7. The number of aryl methyl sites for hydroxylation is 1. The van der Waals surface area contributed by atoms with E-state index < -0.39 is 0 Å². The standard InChI is InChI=1S/C19H34N2/c1-6-14-20-19(15-21(9-4)16(5)7-2)18-12-10-17(8-3)11-13-18/h10-13,16,19-20H,6-9,14-15H2,1-5H3. The Morgan fingerprint density at radius 3 is 2.19 bits per heavy atom.